The van der Waals surface area contributed by atoms with Crippen LogP contribution in [0, 0.1) is 0 Å². The molecule has 9 nitrogen and oxygen atoms in total. The van der Waals surface area contributed by atoms with Gasteiger partial charge in [-0.15, -0.1) is 0 Å². The molecule has 0 aliphatic heterocycles. The Kier molecular flexibility index (Phi) is 8.41. The summed E-state index contributed by atoms with van der Waals surface area (Å²) in [4.78, 5) is -0.462. The fourth-order valence-corrected chi connectivity index (χ4v) is 5.42. The molecule has 0 bridgehead atoms. The predicted molar refractivity (Wildman–Crippen MR) is 150 cm³/mol. The minimum absolute atomic E-state index is 0.105. The van der Waals surface area contributed by atoms with Crippen LogP contribution >= 0.6 is 0 Å². The summed E-state index contributed by atoms with van der Waals surface area (Å²) in [7, 11) is 3.88. The van der Waals surface area contributed by atoms with E-state index in [0.717, 1.165) is 0 Å². The number of methoxy groups -OCH3 is 6. The van der Waals surface area contributed by atoms with Gasteiger partial charge in [-0.25, -0.2) is 8.42 Å². The number of benzene rings is 4. The van der Waals surface area contributed by atoms with E-state index in [-0.39, 0.29) is 11.1 Å². The molecule has 4 aromatic rings. The molecule has 0 aromatic heterocycles. The van der Waals surface area contributed by atoms with Gasteiger partial charge in [0.15, 0.2) is 0 Å². The average Bonchev–Trinajstić information content (AvgIpc) is 2.98. The molecular weight excluding hydrogens is 536 g/mol. The van der Waals surface area contributed by atoms with E-state index in [1.165, 1.54) is 42.7 Å². The van der Waals surface area contributed by atoms with E-state index in [1.54, 1.807) is 66.7 Å². The molecule has 0 aliphatic carbocycles. The zero-order valence-corrected chi connectivity index (χ0v) is 23.7. The normalized spacial score (nSPS) is 11.1. The maximum atomic E-state index is 13.1. The zero-order valence-electron chi connectivity index (χ0n) is 22.9. The highest BCUT2D eigenvalue weighted by molar-refractivity contribution is 7.86. The van der Waals surface area contributed by atoms with E-state index in [4.69, 9.17) is 28.4 Å². The molecule has 10 heteroatoms. The van der Waals surface area contributed by atoms with Crippen molar-refractivity contribution in [2.45, 2.75) is 4.90 Å². The molecule has 4 aromatic carbocycles. The van der Waals surface area contributed by atoms with E-state index in [2.05, 4.69) is 0 Å². The molecule has 210 valence electrons. The topological polar surface area (TPSA) is 113 Å². The number of ether oxygens (including phenoxy) is 6. The Labute approximate surface area is 233 Å². The first-order valence-electron chi connectivity index (χ1n) is 12.0. The van der Waals surface area contributed by atoms with E-state index in [9.17, 15) is 13.0 Å². The van der Waals surface area contributed by atoms with Crippen molar-refractivity contribution < 1.29 is 41.4 Å². The summed E-state index contributed by atoms with van der Waals surface area (Å²) in [5.74, 6) is 2.61. The molecule has 0 aliphatic rings. The van der Waals surface area contributed by atoms with Crippen LogP contribution in [0.4, 0.5) is 0 Å². The predicted octanol–water partition coefficient (Wildman–Crippen LogP) is 5.64. The smallest absolute Gasteiger partial charge is 0.126 e. The van der Waals surface area contributed by atoms with E-state index in [0.29, 0.717) is 56.8 Å². The highest BCUT2D eigenvalue weighted by Gasteiger charge is 2.25. The summed E-state index contributed by atoms with van der Waals surface area (Å²) in [5, 5.41) is 0. The summed E-state index contributed by atoms with van der Waals surface area (Å²) in [5.41, 5.74) is 2.03. The fourth-order valence-electron chi connectivity index (χ4n) is 4.54. The summed E-state index contributed by atoms with van der Waals surface area (Å²) in [6, 6.07) is 18.3. The van der Waals surface area contributed by atoms with Crippen molar-refractivity contribution >= 4 is 10.1 Å². The Balaban J connectivity index is 2.25. The third-order valence-electron chi connectivity index (χ3n) is 6.45. The number of rotatable bonds is 10. The SMILES string of the molecule is COc1ccc(OC)c(-c2cc(-c3cc(OC)ccc3OC)c(S(=O)(=O)[O-])c(-c3cc(OC)ccc3OC)c2)c1. The first-order valence-corrected chi connectivity index (χ1v) is 13.4. The van der Waals surface area contributed by atoms with Crippen LogP contribution in [0.3, 0.4) is 0 Å². The van der Waals surface area contributed by atoms with Gasteiger partial charge in [0.1, 0.15) is 44.6 Å². The summed E-state index contributed by atoms with van der Waals surface area (Å²) >= 11 is 0. The molecule has 0 heterocycles. The largest absolute Gasteiger partial charge is 0.744 e. The van der Waals surface area contributed by atoms with Gasteiger partial charge in [-0.1, -0.05) is 0 Å². The molecule has 4 rings (SSSR count). The molecule has 0 atom stereocenters. The molecule has 0 spiro atoms. The highest BCUT2D eigenvalue weighted by Crippen LogP contribution is 2.47. The van der Waals surface area contributed by atoms with Crippen LogP contribution in [0.15, 0.2) is 71.6 Å². The lowest BCUT2D eigenvalue weighted by atomic mass is 9.91. The number of hydrogen-bond acceptors (Lipinski definition) is 9. The lowest BCUT2D eigenvalue weighted by molar-refractivity contribution is 0.404. The summed E-state index contributed by atoms with van der Waals surface area (Å²) in [6.45, 7) is 0. The quantitative estimate of drug-likeness (QED) is 0.225. The van der Waals surface area contributed by atoms with E-state index >= 15 is 0 Å². The van der Waals surface area contributed by atoms with Gasteiger partial charge in [-0.2, -0.15) is 0 Å². The molecule has 0 unspecified atom stereocenters. The highest BCUT2D eigenvalue weighted by atomic mass is 32.2. The number of hydrogen-bond donors (Lipinski definition) is 0. The zero-order chi connectivity index (χ0) is 29.0. The van der Waals surface area contributed by atoms with Crippen LogP contribution in [0.5, 0.6) is 34.5 Å². The van der Waals surface area contributed by atoms with Crippen molar-refractivity contribution in [3.63, 3.8) is 0 Å². The van der Waals surface area contributed by atoms with Crippen LogP contribution in [0.1, 0.15) is 0 Å². The third-order valence-corrected chi connectivity index (χ3v) is 7.39. The van der Waals surface area contributed by atoms with Gasteiger partial charge >= 0.3 is 0 Å². The molecule has 0 N–H and O–H groups in total. The van der Waals surface area contributed by atoms with Gasteiger partial charge in [0.25, 0.3) is 0 Å². The van der Waals surface area contributed by atoms with Crippen LogP contribution in [-0.4, -0.2) is 55.6 Å². The van der Waals surface area contributed by atoms with E-state index in [1.807, 2.05) is 0 Å². The monoisotopic (exact) mass is 565 g/mol. The second kappa shape index (κ2) is 11.8. The van der Waals surface area contributed by atoms with Gasteiger partial charge < -0.3 is 33.0 Å². The molecule has 0 amide bonds. The second-order valence-corrected chi connectivity index (χ2v) is 9.87. The maximum Gasteiger partial charge on any atom is 0.126 e. The summed E-state index contributed by atoms with van der Waals surface area (Å²) in [6.07, 6.45) is 0. The van der Waals surface area contributed by atoms with Crippen molar-refractivity contribution in [1.82, 2.24) is 0 Å². The van der Waals surface area contributed by atoms with Crippen LogP contribution in [0.2, 0.25) is 0 Å². The molecular formula is C30H29O9S-. The molecule has 0 saturated carbocycles. The summed E-state index contributed by atoms with van der Waals surface area (Å²) < 4.78 is 72.2. The maximum absolute atomic E-state index is 13.1. The molecule has 0 fully saturated rings. The lowest BCUT2D eigenvalue weighted by Gasteiger charge is -2.23. The Bertz CT molecular complexity index is 1570. The Hall–Kier alpha value is -4.41. The Morgan fingerprint density at radius 3 is 1.15 bits per heavy atom. The van der Waals surface area contributed by atoms with Gasteiger partial charge in [-0.3, -0.25) is 0 Å². The van der Waals surface area contributed by atoms with Crippen molar-refractivity contribution in [3.05, 3.63) is 66.7 Å². The van der Waals surface area contributed by atoms with Crippen LogP contribution in [0.25, 0.3) is 33.4 Å². The van der Waals surface area contributed by atoms with Crippen molar-refractivity contribution in [1.29, 1.82) is 0 Å². The molecule has 0 radical (unpaired) electrons. The van der Waals surface area contributed by atoms with Crippen LogP contribution in [-0.2, 0) is 10.1 Å². The minimum atomic E-state index is -5.08. The van der Waals surface area contributed by atoms with E-state index < -0.39 is 15.0 Å². The Morgan fingerprint density at radius 2 is 0.825 bits per heavy atom. The molecule has 40 heavy (non-hydrogen) atoms. The van der Waals surface area contributed by atoms with Gasteiger partial charge in [0.2, 0.25) is 0 Å². The van der Waals surface area contributed by atoms with Crippen molar-refractivity contribution in [3.8, 4) is 67.9 Å². The first-order chi connectivity index (χ1) is 19.2. The van der Waals surface area contributed by atoms with Crippen molar-refractivity contribution in [2.24, 2.45) is 0 Å². The average molecular weight is 566 g/mol. The van der Waals surface area contributed by atoms with Crippen LogP contribution < -0.4 is 28.4 Å². The van der Waals surface area contributed by atoms with Gasteiger partial charge in [0.05, 0.1) is 47.6 Å². The second-order valence-electron chi connectivity index (χ2n) is 8.55. The first kappa shape index (κ1) is 28.6. The van der Waals surface area contributed by atoms with Gasteiger partial charge in [-0.05, 0) is 72.3 Å². The molecule has 0 saturated heterocycles. The minimum Gasteiger partial charge on any atom is -0.744 e. The fraction of sp³-hybridized carbons (Fsp3) is 0.200. The van der Waals surface area contributed by atoms with Crippen molar-refractivity contribution in [2.75, 3.05) is 42.7 Å². The lowest BCUT2D eigenvalue weighted by Crippen LogP contribution is -2.06. The standard InChI is InChI=1S/C30H30O9S/c1-34-19-7-10-27(37-4)22(15-19)18-13-25(23-16-20(35-2)8-11-28(23)38-5)30(40(31,32)33)26(14-18)24-17-21(36-3)9-12-29(24)39-6/h7-17H,1-6H3,(H,31,32,33)/p-1. The van der Waals surface area contributed by atoms with Gasteiger partial charge in [0, 0.05) is 27.8 Å². The third kappa shape index (κ3) is 5.49. The Morgan fingerprint density at radius 1 is 0.475 bits per heavy atom.